The van der Waals surface area contributed by atoms with Crippen molar-refractivity contribution in [3.8, 4) is 0 Å². The van der Waals surface area contributed by atoms with E-state index in [-0.39, 0.29) is 24.4 Å². The van der Waals surface area contributed by atoms with Gasteiger partial charge in [-0.2, -0.15) is 5.10 Å². The van der Waals surface area contributed by atoms with Crippen molar-refractivity contribution in [2.45, 2.75) is 24.5 Å². The van der Waals surface area contributed by atoms with Crippen molar-refractivity contribution in [3.63, 3.8) is 0 Å². The van der Waals surface area contributed by atoms with Crippen LogP contribution in [-0.2, 0) is 15.1 Å². The predicted molar refractivity (Wildman–Crippen MR) is 106 cm³/mol. The third kappa shape index (κ3) is 3.99. The highest BCUT2D eigenvalue weighted by Gasteiger charge is 2.45. The number of piperidine rings is 1. The zero-order chi connectivity index (χ0) is 18.0. The zero-order valence-corrected chi connectivity index (χ0v) is 16.6. The first-order chi connectivity index (χ1) is 12.7. The van der Waals surface area contributed by atoms with Gasteiger partial charge in [-0.05, 0) is 49.7 Å². The van der Waals surface area contributed by atoms with Crippen molar-refractivity contribution in [2.75, 3.05) is 32.8 Å². The smallest absolute Gasteiger partial charge is 0.250 e. The van der Waals surface area contributed by atoms with Gasteiger partial charge in [0.25, 0.3) is 5.91 Å². The van der Waals surface area contributed by atoms with Crippen molar-refractivity contribution < 1.29 is 9.53 Å². The first-order valence-electron chi connectivity index (χ1n) is 9.06. The minimum atomic E-state index is -0.601. The molecule has 1 atom stereocenters. The molecule has 1 N–H and O–H groups in total. The highest BCUT2D eigenvalue weighted by Crippen LogP contribution is 2.32. The average Bonchev–Trinajstić information content (AvgIpc) is 3.24. The van der Waals surface area contributed by atoms with E-state index < -0.39 is 5.54 Å². The van der Waals surface area contributed by atoms with Gasteiger partial charge >= 0.3 is 0 Å². The minimum absolute atomic E-state index is 0. The fourth-order valence-electron chi connectivity index (χ4n) is 3.91. The lowest BCUT2D eigenvalue weighted by Gasteiger charge is -2.42. The van der Waals surface area contributed by atoms with Gasteiger partial charge < -0.3 is 15.0 Å². The second-order valence-corrected chi connectivity index (χ2v) is 7.33. The number of amides is 1. The molecule has 0 bridgehead atoms. The summed E-state index contributed by atoms with van der Waals surface area (Å²) in [6.07, 6.45) is 5.02. The van der Waals surface area contributed by atoms with Crippen LogP contribution in [0.2, 0.25) is 5.02 Å². The zero-order valence-electron chi connectivity index (χ0n) is 15.0. The number of nitrogens with one attached hydrogen (secondary N) is 1. The molecule has 6 nitrogen and oxygen atoms in total. The molecular formula is C19H24Cl2N4O2. The normalized spacial score (nSPS) is 22.1. The predicted octanol–water partition coefficient (Wildman–Crippen LogP) is 2.64. The van der Waals surface area contributed by atoms with Gasteiger partial charge in [0.15, 0.2) is 0 Å². The van der Waals surface area contributed by atoms with Crippen LogP contribution in [0.1, 0.15) is 24.5 Å². The van der Waals surface area contributed by atoms with Crippen LogP contribution in [0.25, 0.3) is 0 Å². The Morgan fingerprint density at radius 1 is 1.26 bits per heavy atom. The molecule has 3 heterocycles. The van der Waals surface area contributed by atoms with Crippen molar-refractivity contribution in [1.82, 2.24) is 20.0 Å². The van der Waals surface area contributed by atoms with E-state index in [1.165, 1.54) is 0 Å². The summed E-state index contributed by atoms with van der Waals surface area (Å²) in [4.78, 5) is 15.5. The maximum absolute atomic E-state index is 13.6. The van der Waals surface area contributed by atoms with E-state index in [1.54, 1.807) is 6.20 Å². The highest BCUT2D eigenvalue weighted by atomic mass is 35.5. The van der Waals surface area contributed by atoms with Crippen LogP contribution in [-0.4, -0.2) is 53.4 Å². The lowest BCUT2D eigenvalue weighted by molar-refractivity contribution is -0.151. The minimum Gasteiger partial charge on any atom is -0.370 e. The van der Waals surface area contributed by atoms with Crippen LogP contribution in [0.3, 0.4) is 0 Å². The molecule has 0 saturated carbocycles. The second kappa shape index (κ2) is 8.61. The number of rotatable bonds is 3. The van der Waals surface area contributed by atoms with Crippen LogP contribution >= 0.6 is 24.0 Å². The highest BCUT2D eigenvalue weighted by molar-refractivity contribution is 6.30. The molecule has 0 spiro atoms. The van der Waals surface area contributed by atoms with Gasteiger partial charge in [-0.15, -0.1) is 12.4 Å². The third-order valence-electron chi connectivity index (χ3n) is 5.37. The van der Waals surface area contributed by atoms with Gasteiger partial charge in [-0.25, -0.2) is 0 Å². The van der Waals surface area contributed by atoms with E-state index in [9.17, 15) is 4.79 Å². The Morgan fingerprint density at radius 2 is 2.00 bits per heavy atom. The van der Waals surface area contributed by atoms with Crippen molar-refractivity contribution >= 4 is 29.9 Å². The van der Waals surface area contributed by atoms with Gasteiger partial charge in [0, 0.05) is 24.0 Å². The van der Waals surface area contributed by atoms with E-state index in [2.05, 4.69) is 10.4 Å². The fourth-order valence-corrected chi connectivity index (χ4v) is 4.04. The molecule has 0 aliphatic carbocycles. The molecule has 2 aliphatic heterocycles. The van der Waals surface area contributed by atoms with Crippen LogP contribution < -0.4 is 5.32 Å². The molecule has 4 rings (SSSR count). The molecule has 27 heavy (non-hydrogen) atoms. The maximum atomic E-state index is 13.6. The molecule has 2 aliphatic rings. The van der Waals surface area contributed by atoms with Crippen molar-refractivity contribution in [3.05, 3.63) is 53.3 Å². The molecule has 0 radical (unpaired) electrons. The Balaban J connectivity index is 0.00000210. The molecule has 1 amide bonds. The number of morpholine rings is 1. The lowest BCUT2D eigenvalue weighted by atomic mass is 9.86. The lowest BCUT2D eigenvalue weighted by Crippen LogP contribution is -2.57. The summed E-state index contributed by atoms with van der Waals surface area (Å²) in [7, 11) is 0. The van der Waals surface area contributed by atoms with Gasteiger partial charge in [0.1, 0.15) is 11.6 Å². The van der Waals surface area contributed by atoms with Crippen molar-refractivity contribution in [1.29, 1.82) is 0 Å². The van der Waals surface area contributed by atoms with E-state index in [1.807, 2.05) is 46.1 Å². The molecule has 146 valence electrons. The first kappa shape index (κ1) is 20.1. The summed E-state index contributed by atoms with van der Waals surface area (Å²) in [6, 6.07) is 9.54. The summed E-state index contributed by atoms with van der Waals surface area (Å²) in [6.45, 7) is 3.33. The Labute approximate surface area is 170 Å². The van der Waals surface area contributed by atoms with Gasteiger partial charge in [0.2, 0.25) is 0 Å². The number of ether oxygens (including phenoxy) is 1. The van der Waals surface area contributed by atoms with Gasteiger partial charge in [-0.3, -0.25) is 9.48 Å². The summed E-state index contributed by atoms with van der Waals surface area (Å²) >= 11 is 5.99. The van der Waals surface area contributed by atoms with Crippen LogP contribution in [0.4, 0.5) is 0 Å². The molecule has 2 fully saturated rings. The van der Waals surface area contributed by atoms with Gasteiger partial charge in [-0.1, -0.05) is 23.7 Å². The number of carbonyl (C=O) groups excluding carboxylic acids is 1. The molecule has 1 aromatic carbocycles. The molecule has 8 heteroatoms. The van der Waals surface area contributed by atoms with Crippen LogP contribution in [0.15, 0.2) is 42.7 Å². The SMILES string of the molecule is Cl.O=C(N1CCOC(c2ccc(Cl)cc2)C1)C1(n2cccn2)CCNCC1. The van der Waals surface area contributed by atoms with Crippen LogP contribution in [0, 0.1) is 0 Å². The average molecular weight is 411 g/mol. The largest absolute Gasteiger partial charge is 0.370 e. The third-order valence-corrected chi connectivity index (χ3v) is 5.62. The van der Waals surface area contributed by atoms with Gasteiger partial charge in [0.05, 0.1) is 13.2 Å². The number of hydrogen-bond donors (Lipinski definition) is 1. The molecule has 1 unspecified atom stereocenters. The Hall–Kier alpha value is -1.60. The summed E-state index contributed by atoms with van der Waals surface area (Å²) in [5.74, 6) is 0.143. The molecule has 2 saturated heterocycles. The van der Waals surface area contributed by atoms with E-state index in [4.69, 9.17) is 16.3 Å². The summed E-state index contributed by atoms with van der Waals surface area (Å²) in [5, 5.41) is 8.46. The second-order valence-electron chi connectivity index (χ2n) is 6.89. The first-order valence-corrected chi connectivity index (χ1v) is 9.44. The Morgan fingerprint density at radius 3 is 2.67 bits per heavy atom. The fraction of sp³-hybridized carbons (Fsp3) is 0.474. The number of benzene rings is 1. The summed E-state index contributed by atoms with van der Waals surface area (Å²) in [5.41, 5.74) is 0.446. The number of nitrogens with zero attached hydrogens (tertiary/aromatic N) is 3. The Bertz CT molecular complexity index is 746. The molecular weight excluding hydrogens is 387 g/mol. The number of aromatic nitrogens is 2. The van der Waals surface area contributed by atoms with E-state index in [0.29, 0.717) is 24.7 Å². The van der Waals surface area contributed by atoms with E-state index >= 15 is 0 Å². The van der Waals surface area contributed by atoms with E-state index in [0.717, 1.165) is 31.5 Å². The monoisotopic (exact) mass is 410 g/mol. The number of hydrogen-bond acceptors (Lipinski definition) is 4. The molecule has 2 aromatic rings. The standard InChI is InChI=1S/C19H23ClN4O2.ClH/c20-16-4-2-15(3-5-16)17-14-23(12-13-26-17)18(25)19(6-9-21-10-7-19)24-11-1-8-22-24;/h1-5,8,11,17,21H,6-7,9-10,12-14H2;1H. The van der Waals surface area contributed by atoms with Crippen LogP contribution in [0.5, 0.6) is 0 Å². The topological polar surface area (TPSA) is 59.4 Å². The van der Waals surface area contributed by atoms with Crippen molar-refractivity contribution in [2.24, 2.45) is 0 Å². The summed E-state index contributed by atoms with van der Waals surface area (Å²) < 4.78 is 7.77. The maximum Gasteiger partial charge on any atom is 0.250 e. The number of carbonyl (C=O) groups is 1. The Kier molecular flexibility index (Phi) is 6.42. The number of halogens is 2. The quantitative estimate of drug-likeness (QED) is 0.844. The molecule has 1 aromatic heterocycles.